The van der Waals surface area contributed by atoms with Crippen LogP contribution in [-0.2, 0) is 17.9 Å². The van der Waals surface area contributed by atoms with Crippen LogP contribution in [0.1, 0.15) is 5.56 Å². The summed E-state index contributed by atoms with van der Waals surface area (Å²) < 4.78 is 1.95. The van der Waals surface area contributed by atoms with E-state index in [0.717, 1.165) is 12.1 Å². The summed E-state index contributed by atoms with van der Waals surface area (Å²) in [6.45, 7) is 1.98. The average Bonchev–Trinajstić information content (AvgIpc) is 3.06. The number of thiophene rings is 1. The first-order valence-electron chi connectivity index (χ1n) is 5.60. The summed E-state index contributed by atoms with van der Waals surface area (Å²) in [5.41, 5.74) is 1.14. The molecule has 0 saturated heterocycles. The van der Waals surface area contributed by atoms with Crippen LogP contribution in [0.2, 0.25) is 0 Å². The summed E-state index contributed by atoms with van der Waals surface area (Å²) >= 11 is 7.27. The van der Waals surface area contributed by atoms with E-state index in [9.17, 15) is 4.79 Å². The highest BCUT2D eigenvalue weighted by Gasteiger charge is 2.12. The quantitative estimate of drug-likeness (QED) is 0.763. The second-order valence-corrected chi connectivity index (χ2v) is 4.93. The van der Waals surface area contributed by atoms with E-state index in [1.807, 2.05) is 27.6 Å². The van der Waals surface area contributed by atoms with Gasteiger partial charge in [0.05, 0.1) is 6.33 Å². The van der Waals surface area contributed by atoms with Crippen LogP contribution in [0.4, 0.5) is 0 Å². The van der Waals surface area contributed by atoms with Crippen molar-refractivity contribution in [2.24, 2.45) is 0 Å². The molecule has 0 aliphatic heterocycles. The van der Waals surface area contributed by atoms with Gasteiger partial charge in [0.25, 0.3) is 0 Å². The molecule has 0 N–H and O–H groups in total. The second kappa shape index (κ2) is 6.56. The Kier molecular flexibility index (Phi) is 4.78. The van der Waals surface area contributed by atoms with Gasteiger partial charge in [-0.2, -0.15) is 11.3 Å². The fourth-order valence-electron chi connectivity index (χ4n) is 1.63. The van der Waals surface area contributed by atoms with Crippen LogP contribution in [0.15, 0.2) is 35.5 Å². The number of nitrogens with zero attached hydrogens (tertiary/aromatic N) is 3. The molecule has 2 aromatic heterocycles. The Morgan fingerprint density at radius 2 is 2.44 bits per heavy atom. The zero-order valence-corrected chi connectivity index (χ0v) is 11.4. The van der Waals surface area contributed by atoms with Crippen LogP contribution in [0.5, 0.6) is 0 Å². The number of carbonyl (C=O) groups is 1. The molecule has 2 rings (SSSR count). The zero-order valence-electron chi connectivity index (χ0n) is 9.83. The van der Waals surface area contributed by atoms with E-state index in [0.29, 0.717) is 13.1 Å². The number of alkyl halides is 1. The lowest BCUT2D eigenvalue weighted by Gasteiger charge is -2.21. The number of rotatable bonds is 6. The van der Waals surface area contributed by atoms with Crippen molar-refractivity contribution in [3.63, 3.8) is 0 Å². The van der Waals surface area contributed by atoms with Gasteiger partial charge in [0, 0.05) is 32.0 Å². The van der Waals surface area contributed by atoms with Gasteiger partial charge in [-0.1, -0.05) is 0 Å². The van der Waals surface area contributed by atoms with Gasteiger partial charge in [-0.3, -0.25) is 4.79 Å². The largest absolute Gasteiger partial charge is 0.336 e. The molecular weight excluding hydrogens is 270 g/mol. The minimum Gasteiger partial charge on any atom is -0.336 e. The first-order chi connectivity index (χ1) is 8.79. The molecule has 0 aliphatic carbocycles. The molecule has 2 heterocycles. The monoisotopic (exact) mass is 283 g/mol. The molecule has 0 unspecified atom stereocenters. The Hall–Kier alpha value is -1.33. The molecule has 0 saturated carbocycles. The lowest BCUT2D eigenvalue weighted by molar-refractivity contribution is -0.129. The fourth-order valence-corrected chi connectivity index (χ4v) is 2.46. The number of aromatic nitrogens is 2. The Balaban J connectivity index is 1.94. The van der Waals surface area contributed by atoms with Crippen LogP contribution in [-0.4, -0.2) is 32.8 Å². The van der Waals surface area contributed by atoms with Crippen molar-refractivity contribution in [2.45, 2.75) is 13.1 Å². The molecule has 0 fully saturated rings. The van der Waals surface area contributed by atoms with E-state index in [1.54, 1.807) is 28.8 Å². The summed E-state index contributed by atoms with van der Waals surface area (Å²) in [5, 5.41) is 4.06. The highest BCUT2D eigenvalue weighted by atomic mass is 35.5. The minimum atomic E-state index is -0.0389. The number of imidazole rings is 1. The van der Waals surface area contributed by atoms with Crippen molar-refractivity contribution in [2.75, 3.05) is 12.4 Å². The SMILES string of the molecule is O=C(CCl)N(CCn1ccnc1)Cc1ccsc1. The van der Waals surface area contributed by atoms with E-state index in [1.165, 1.54) is 0 Å². The van der Waals surface area contributed by atoms with Gasteiger partial charge in [0.15, 0.2) is 0 Å². The van der Waals surface area contributed by atoms with E-state index in [-0.39, 0.29) is 11.8 Å². The summed E-state index contributed by atoms with van der Waals surface area (Å²) in [4.78, 5) is 17.5. The first kappa shape index (κ1) is 13.1. The third-order valence-electron chi connectivity index (χ3n) is 2.61. The summed E-state index contributed by atoms with van der Waals surface area (Å²) in [5.74, 6) is -0.0170. The molecule has 0 radical (unpaired) electrons. The Morgan fingerprint density at radius 1 is 1.56 bits per heavy atom. The summed E-state index contributed by atoms with van der Waals surface area (Å²) in [6.07, 6.45) is 5.36. The van der Waals surface area contributed by atoms with Crippen LogP contribution < -0.4 is 0 Å². The van der Waals surface area contributed by atoms with Gasteiger partial charge in [-0.05, 0) is 22.4 Å². The lowest BCUT2D eigenvalue weighted by atomic mass is 10.3. The van der Waals surface area contributed by atoms with Crippen molar-refractivity contribution >= 4 is 28.8 Å². The maximum absolute atomic E-state index is 11.8. The molecule has 96 valence electrons. The number of hydrogen-bond donors (Lipinski definition) is 0. The highest BCUT2D eigenvalue weighted by Crippen LogP contribution is 2.10. The van der Waals surface area contributed by atoms with Crippen molar-refractivity contribution in [1.82, 2.24) is 14.5 Å². The fraction of sp³-hybridized carbons (Fsp3) is 0.333. The molecule has 0 atom stereocenters. The van der Waals surface area contributed by atoms with Crippen LogP contribution in [0, 0.1) is 0 Å². The molecule has 0 aromatic carbocycles. The third kappa shape index (κ3) is 3.58. The van der Waals surface area contributed by atoms with Crippen molar-refractivity contribution in [3.8, 4) is 0 Å². The molecule has 0 bridgehead atoms. The number of amides is 1. The molecule has 6 heteroatoms. The standard InChI is InChI=1S/C12H14ClN3OS/c13-7-12(17)16(8-11-1-6-18-9-11)5-4-15-3-2-14-10-15/h1-3,6,9-10H,4-5,7-8H2. The van der Waals surface area contributed by atoms with Crippen LogP contribution >= 0.6 is 22.9 Å². The van der Waals surface area contributed by atoms with Gasteiger partial charge in [-0.15, -0.1) is 11.6 Å². The Morgan fingerprint density at radius 3 is 3.06 bits per heavy atom. The smallest absolute Gasteiger partial charge is 0.237 e. The number of carbonyl (C=O) groups excluding carboxylic acids is 1. The number of hydrogen-bond acceptors (Lipinski definition) is 3. The van der Waals surface area contributed by atoms with E-state index in [2.05, 4.69) is 4.98 Å². The lowest BCUT2D eigenvalue weighted by Crippen LogP contribution is -2.34. The molecule has 1 amide bonds. The van der Waals surface area contributed by atoms with E-state index >= 15 is 0 Å². The zero-order chi connectivity index (χ0) is 12.8. The average molecular weight is 284 g/mol. The van der Waals surface area contributed by atoms with Crippen LogP contribution in [0.3, 0.4) is 0 Å². The maximum Gasteiger partial charge on any atom is 0.237 e. The Labute approximate surface area is 115 Å². The molecule has 18 heavy (non-hydrogen) atoms. The first-order valence-corrected chi connectivity index (χ1v) is 7.08. The predicted octanol–water partition coefficient (Wildman–Crippen LogP) is 2.21. The highest BCUT2D eigenvalue weighted by molar-refractivity contribution is 7.07. The number of halogens is 1. The van der Waals surface area contributed by atoms with Gasteiger partial charge in [0.2, 0.25) is 5.91 Å². The molecular formula is C12H14ClN3OS. The van der Waals surface area contributed by atoms with E-state index in [4.69, 9.17) is 11.6 Å². The van der Waals surface area contributed by atoms with Gasteiger partial charge in [0.1, 0.15) is 5.88 Å². The van der Waals surface area contributed by atoms with Gasteiger partial charge >= 0.3 is 0 Å². The van der Waals surface area contributed by atoms with E-state index < -0.39 is 0 Å². The minimum absolute atomic E-state index is 0.0219. The molecule has 4 nitrogen and oxygen atoms in total. The predicted molar refractivity (Wildman–Crippen MR) is 72.7 cm³/mol. The van der Waals surface area contributed by atoms with Crippen molar-refractivity contribution in [1.29, 1.82) is 0 Å². The maximum atomic E-state index is 11.8. The molecule has 0 spiro atoms. The molecule has 0 aliphatic rings. The summed E-state index contributed by atoms with van der Waals surface area (Å²) in [7, 11) is 0. The van der Waals surface area contributed by atoms with Crippen LogP contribution in [0.25, 0.3) is 0 Å². The third-order valence-corrected chi connectivity index (χ3v) is 3.57. The summed E-state index contributed by atoms with van der Waals surface area (Å²) in [6, 6.07) is 2.02. The van der Waals surface area contributed by atoms with Crippen molar-refractivity contribution < 1.29 is 4.79 Å². The topological polar surface area (TPSA) is 38.1 Å². The normalized spacial score (nSPS) is 10.5. The molecule has 2 aromatic rings. The second-order valence-electron chi connectivity index (χ2n) is 3.88. The van der Waals surface area contributed by atoms with Crippen molar-refractivity contribution in [3.05, 3.63) is 41.1 Å². The Bertz CT molecular complexity index is 469. The van der Waals surface area contributed by atoms with Gasteiger partial charge in [-0.25, -0.2) is 4.98 Å². The van der Waals surface area contributed by atoms with Gasteiger partial charge < -0.3 is 9.47 Å².